The predicted molar refractivity (Wildman–Crippen MR) is 127 cm³/mol. The Morgan fingerprint density at radius 2 is 1.67 bits per heavy atom. The molecule has 1 heterocycles. The summed E-state index contributed by atoms with van der Waals surface area (Å²) in [6.07, 6.45) is 0. The Bertz CT molecular complexity index is 1210. The smallest absolute Gasteiger partial charge is 0.300 e. The summed E-state index contributed by atoms with van der Waals surface area (Å²) in [5.41, 5.74) is 2.71. The van der Waals surface area contributed by atoms with Crippen LogP contribution in [0.15, 0.2) is 78.4 Å². The molecule has 0 bridgehead atoms. The lowest BCUT2D eigenvalue weighted by Gasteiger charge is -2.26. The number of aliphatic hydroxyl groups is 1. The fraction of sp³-hybridized carbons (Fsp3) is 0.185. The van der Waals surface area contributed by atoms with Crippen molar-refractivity contribution in [3.8, 4) is 11.5 Å². The molecule has 1 aliphatic rings. The van der Waals surface area contributed by atoms with Crippen molar-refractivity contribution in [3.05, 3.63) is 95.1 Å². The molecule has 1 atom stereocenters. The molecule has 0 saturated carbocycles. The van der Waals surface area contributed by atoms with Gasteiger partial charge in [-0.05, 0) is 67.9 Å². The molecular formula is C27H25NO5. The number of nitrogens with zero attached hydrogens (tertiary/aromatic N) is 1. The molecule has 0 spiro atoms. The summed E-state index contributed by atoms with van der Waals surface area (Å²) >= 11 is 0. The highest BCUT2D eigenvalue weighted by atomic mass is 16.5. The third kappa shape index (κ3) is 4.20. The Labute approximate surface area is 192 Å². The molecule has 3 aromatic carbocycles. The summed E-state index contributed by atoms with van der Waals surface area (Å²) in [5.74, 6) is -0.436. The molecule has 33 heavy (non-hydrogen) atoms. The Balaban J connectivity index is 1.89. The molecule has 168 valence electrons. The van der Waals surface area contributed by atoms with Crippen molar-refractivity contribution in [3.63, 3.8) is 0 Å². The number of carbonyl (C=O) groups excluding carboxylic acids is 2. The molecule has 0 aromatic heterocycles. The maximum Gasteiger partial charge on any atom is 0.300 e. The lowest BCUT2D eigenvalue weighted by Crippen LogP contribution is -2.29. The maximum absolute atomic E-state index is 13.2. The molecular weight excluding hydrogens is 418 g/mol. The molecule has 6 nitrogen and oxygen atoms in total. The van der Waals surface area contributed by atoms with Gasteiger partial charge in [0.2, 0.25) is 0 Å². The SMILES string of the molecule is CCOc1ccc(/C(O)=C2/C(=O)C(=O)N(c3ccc(C)cc3)C2c2cccc(OC)c2)cc1. The summed E-state index contributed by atoms with van der Waals surface area (Å²) in [5, 5.41) is 11.2. The zero-order chi connectivity index (χ0) is 23.5. The quantitative estimate of drug-likeness (QED) is 0.329. The second-order valence-electron chi connectivity index (χ2n) is 7.74. The number of amides is 1. The van der Waals surface area contributed by atoms with Crippen LogP contribution in [0.2, 0.25) is 0 Å². The molecule has 0 radical (unpaired) electrons. The van der Waals surface area contributed by atoms with Crippen LogP contribution >= 0.6 is 0 Å². The van der Waals surface area contributed by atoms with Gasteiger partial charge >= 0.3 is 0 Å². The summed E-state index contributed by atoms with van der Waals surface area (Å²) in [6, 6.07) is 20.5. The van der Waals surface area contributed by atoms with Crippen molar-refractivity contribution in [2.24, 2.45) is 0 Å². The number of aryl methyl sites for hydroxylation is 1. The van der Waals surface area contributed by atoms with Crippen LogP contribution in [0, 0.1) is 6.92 Å². The van der Waals surface area contributed by atoms with Gasteiger partial charge in [0.1, 0.15) is 17.3 Å². The molecule has 0 aliphatic carbocycles. The number of ether oxygens (including phenoxy) is 2. The van der Waals surface area contributed by atoms with Crippen LogP contribution in [-0.4, -0.2) is 30.5 Å². The van der Waals surface area contributed by atoms with Crippen molar-refractivity contribution in [1.82, 2.24) is 0 Å². The lowest BCUT2D eigenvalue weighted by molar-refractivity contribution is -0.132. The van der Waals surface area contributed by atoms with Crippen LogP contribution in [0.5, 0.6) is 11.5 Å². The van der Waals surface area contributed by atoms with E-state index in [9.17, 15) is 14.7 Å². The molecule has 1 aliphatic heterocycles. The van der Waals surface area contributed by atoms with Gasteiger partial charge in [0.05, 0.1) is 25.3 Å². The van der Waals surface area contributed by atoms with E-state index in [0.717, 1.165) is 5.56 Å². The molecule has 6 heteroatoms. The van der Waals surface area contributed by atoms with Crippen molar-refractivity contribution < 1.29 is 24.2 Å². The highest BCUT2D eigenvalue weighted by Gasteiger charge is 2.47. The summed E-state index contributed by atoms with van der Waals surface area (Å²) in [6.45, 7) is 4.35. The van der Waals surface area contributed by atoms with Crippen LogP contribution in [0.25, 0.3) is 5.76 Å². The van der Waals surface area contributed by atoms with Crippen LogP contribution in [0.1, 0.15) is 29.7 Å². The number of benzene rings is 3. The Kier molecular flexibility index (Phi) is 6.18. The van der Waals surface area contributed by atoms with E-state index in [0.29, 0.717) is 34.9 Å². The average Bonchev–Trinajstić information content (AvgIpc) is 3.10. The molecule has 1 N–H and O–H groups in total. The predicted octanol–water partition coefficient (Wildman–Crippen LogP) is 5.03. The summed E-state index contributed by atoms with van der Waals surface area (Å²) in [7, 11) is 1.55. The van der Waals surface area contributed by atoms with Gasteiger partial charge < -0.3 is 14.6 Å². The minimum absolute atomic E-state index is 0.0259. The van der Waals surface area contributed by atoms with E-state index in [4.69, 9.17) is 9.47 Å². The second kappa shape index (κ2) is 9.20. The maximum atomic E-state index is 13.2. The van der Waals surface area contributed by atoms with E-state index in [2.05, 4.69) is 0 Å². The standard InChI is InChI=1S/C27H25NO5/c1-4-33-21-14-10-18(11-15-21)25(29)23-24(19-6-5-7-22(16-19)32-3)28(27(31)26(23)30)20-12-8-17(2)9-13-20/h5-16,24,29H,4H2,1-3H3/b25-23-. The monoisotopic (exact) mass is 443 g/mol. The zero-order valence-electron chi connectivity index (χ0n) is 18.7. The van der Waals surface area contributed by atoms with E-state index in [1.807, 2.05) is 32.0 Å². The van der Waals surface area contributed by atoms with Crippen molar-refractivity contribution >= 4 is 23.1 Å². The third-order valence-corrected chi connectivity index (χ3v) is 5.60. The minimum Gasteiger partial charge on any atom is -0.507 e. The van der Waals surface area contributed by atoms with E-state index < -0.39 is 17.7 Å². The fourth-order valence-corrected chi connectivity index (χ4v) is 3.96. The van der Waals surface area contributed by atoms with Gasteiger partial charge in [-0.15, -0.1) is 0 Å². The Morgan fingerprint density at radius 1 is 0.970 bits per heavy atom. The number of carbonyl (C=O) groups is 2. The molecule has 1 amide bonds. The third-order valence-electron chi connectivity index (χ3n) is 5.60. The van der Waals surface area contributed by atoms with Gasteiger partial charge in [-0.2, -0.15) is 0 Å². The number of aliphatic hydroxyl groups excluding tert-OH is 1. The first-order valence-corrected chi connectivity index (χ1v) is 10.7. The number of Topliss-reactive ketones (excluding diaryl/α,β-unsaturated/α-hetero) is 1. The second-order valence-corrected chi connectivity index (χ2v) is 7.74. The van der Waals surface area contributed by atoms with Crippen LogP contribution in [0.3, 0.4) is 0 Å². The minimum atomic E-state index is -0.811. The average molecular weight is 443 g/mol. The van der Waals surface area contributed by atoms with Crippen molar-refractivity contribution in [1.29, 1.82) is 0 Å². The molecule has 1 unspecified atom stereocenters. The van der Waals surface area contributed by atoms with Gasteiger partial charge in [0, 0.05) is 11.3 Å². The van der Waals surface area contributed by atoms with Crippen molar-refractivity contribution in [2.75, 3.05) is 18.6 Å². The van der Waals surface area contributed by atoms with Gasteiger partial charge in [-0.3, -0.25) is 14.5 Å². The van der Waals surface area contributed by atoms with Gasteiger partial charge in [-0.1, -0.05) is 29.8 Å². The topological polar surface area (TPSA) is 76.1 Å². The van der Waals surface area contributed by atoms with Gasteiger partial charge in [0.15, 0.2) is 0 Å². The molecule has 4 rings (SSSR count). The molecule has 1 fully saturated rings. The summed E-state index contributed by atoms with van der Waals surface area (Å²) in [4.78, 5) is 27.8. The first-order valence-electron chi connectivity index (χ1n) is 10.7. The Hall–Kier alpha value is -4.06. The number of ketones is 1. The van der Waals surface area contributed by atoms with Gasteiger partial charge in [0.25, 0.3) is 11.7 Å². The lowest BCUT2D eigenvalue weighted by atomic mass is 9.95. The highest BCUT2D eigenvalue weighted by molar-refractivity contribution is 6.51. The number of anilines is 1. The zero-order valence-corrected chi connectivity index (χ0v) is 18.7. The number of hydrogen-bond donors (Lipinski definition) is 1. The van der Waals surface area contributed by atoms with E-state index in [1.165, 1.54) is 4.90 Å². The normalized spacial score (nSPS) is 17.3. The van der Waals surface area contributed by atoms with Crippen LogP contribution in [0.4, 0.5) is 5.69 Å². The fourth-order valence-electron chi connectivity index (χ4n) is 3.96. The van der Waals surface area contributed by atoms with Crippen molar-refractivity contribution in [2.45, 2.75) is 19.9 Å². The number of hydrogen-bond acceptors (Lipinski definition) is 5. The number of methoxy groups -OCH3 is 1. The van der Waals surface area contributed by atoms with E-state index >= 15 is 0 Å². The van der Waals surface area contributed by atoms with E-state index in [1.54, 1.807) is 61.7 Å². The molecule has 3 aromatic rings. The van der Waals surface area contributed by atoms with Gasteiger partial charge in [-0.25, -0.2) is 0 Å². The van der Waals surface area contributed by atoms with Crippen LogP contribution < -0.4 is 14.4 Å². The number of rotatable bonds is 6. The van der Waals surface area contributed by atoms with Crippen LogP contribution in [-0.2, 0) is 9.59 Å². The summed E-state index contributed by atoms with van der Waals surface area (Å²) < 4.78 is 10.8. The molecule has 1 saturated heterocycles. The largest absolute Gasteiger partial charge is 0.507 e. The van der Waals surface area contributed by atoms with E-state index in [-0.39, 0.29) is 11.3 Å². The first kappa shape index (κ1) is 22.1. The first-order chi connectivity index (χ1) is 15.9. The Morgan fingerprint density at radius 3 is 2.30 bits per heavy atom. The highest BCUT2D eigenvalue weighted by Crippen LogP contribution is 2.42.